The SMILES string of the molecule is COCC[NH+](CC(=O)Nc1cccnc1Cl)CC(=O)Nc1cccc(C)c1C. The van der Waals surface area contributed by atoms with Gasteiger partial charge in [-0.3, -0.25) is 9.59 Å². The molecular formula is C20H26ClN4O3+. The molecule has 150 valence electrons. The first kappa shape index (κ1) is 21.8. The Balaban J connectivity index is 1.98. The zero-order valence-corrected chi connectivity index (χ0v) is 17.1. The molecular weight excluding hydrogens is 380 g/mol. The summed E-state index contributed by atoms with van der Waals surface area (Å²) in [4.78, 5) is 29.6. The lowest BCUT2D eigenvalue weighted by Crippen LogP contribution is -3.14. The molecule has 0 fully saturated rings. The van der Waals surface area contributed by atoms with Crippen LogP contribution >= 0.6 is 11.6 Å². The van der Waals surface area contributed by atoms with E-state index in [0.29, 0.717) is 18.8 Å². The van der Waals surface area contributed by atoms with Crippen molar-refractivity contribution in [3.05, 3.63) is 52.8 Å². The lowest BCUT2D eigenvalue weighted by Gasteiger charge is -2.19. The van der Waals surface area contributed by atoms with Gasteiger partial charge in [0.2, 0.25) is 0 Å². The van der Waals surface area contributed by atoms with Gasteiger partial charge in [0.1, 0.15) is 6.54 Å². The number of nitrogens with one attached hydrogen (secondary N) is 3. The number of ether oxygens (including phenoxy) is 1. The number of halogens is 1. The average molecular weight is 406 g/mol. The van der Waals surface area contributed by atoms with Crippen molar-refractivity contribution in [1.82, 2.24) is 4.98 Å². The van der Waals surface area contributed by atoms with Crippen LogP contribution in [0.15, 0.2) is 36.5 Å². The predicted molar refractivity (Wildman–Crippen MR) is 110 cm³/mol. The van der Waals surface area contributed by atoms with Gasteiger partial charge in [0, 0.05) is 19.0 Å². The third-order valence-electron chi connectivity index (χ3n) is 4.39. The summed E-state index contributed by atoms with van der Waals surface area (Å²) in [5.74, 6) is -0.410. The first-order valence-corrected chi connectivity index (χ1v) is 9.37. The van der Waals surface area contributed by atoms with E-state index in [1.165, 1.54) is 0 Å². The maximum atomic E-state index is 12.5. The van der Waals surface area contributed by atoms with Crippen molar-refractivity contribution in [2.45, 2.75) is 13.8 Å². The molecule has 0 aliphatic rings. The molecule has 0 saturated heterocycles. The summed E-state index contributed by atoms with van der Waals surface area (Å²) in [6.45, 7) is 5.16. The molecule has 7 nitrogen and oxygen atoms in total. The fraction of sp³-hybridized carbons (Fsp3) is 0.350. The van der Waals surface area contributed by atoms with Gasteiger partial charge in [-0.25, -0.2) is 4.98 Å². The molecule has 0 spiro atoms. The molecule has 2 rings (SSSR count). The van der Waals surface area contributed by atoms with Crippen molar-refractivity contribution in [1.29, 1.82) is 0 Å². The minimum Gasteiger partial charge on any atom is -0.379 e. The van der Waals surface area contributed by atoms with Crippen LogP contribution in [0.1, 0.15) is 11.1 Å². The van der Waals surface area contributed by atoms with Gasteiger partial charge in [-0.2, -0.15) is 0 Å². The number of benzene rings is 1. The molecule has 2 aromatic rings. The van der Waals surface area contributed by atoms with E-state index in [1.54, 1.807) is 25.4 Å². The highest BCUT2D eigenvalue weighted by atomic mass is 35.5. The van der Waals surface area contributed by atoms with Gasteiger partial charge < -0.3 is 20.3 Å². The van der Waals surface area contributed by atoms with E-state index in [9.17, 15) is 9.59 Å². The molecule has 0 saturated carbocycles. The van der Waals surface area contributed by atoms with E-state index in [2.05, 4.69) is 15.6 Å². The Morgan fingerprint density at radius 1 is 1.07 bits per heavy atom. The summed E-state index contributed by atoms with van der Waals surface area (Å²) in [6, 6.07) is 9.13. The van der Waals surface area contributed by atoms with Crippen LogP contribution in [0.3, 0.4) is 0 Å². The lowest BCUT2D eigenvalue weighted by molar-refractivity contribution is -0.883. The van der Waals surface area contributed by atoms with Crippen molar-refractivity contribution in [3.63, 3.8) is 0 Å². The van der Waals surface area contributed by atoms with Crippen molar-refractivity contribution < 1.29 is 19.2 Å². The van der Waals surface area contributed by atoms with Gasteiger partial charge >= 0.3 is 0 Å². The second-order valence-corrected chi connectivity index (χ2v) is 6.89. The Kier molecular flexibility index (Phi) is 8.38. The molecule has 8 heteroatoms. The van der Waals surface area contributed by atoms with E-state index in [-0.39, 0.29) is 30.1 Å². The van der Waals surface area contributed by atoms with E-state index in [0.717, 1.165) is 21.7 Å². The number of amides is 2. The molecule has 28 heavy (non-hydrogen) atoms. The van der Waals surface area contributed by atoms with Crippen LogP contribution in [0.2, 0.25) is 5.15 Å². The first-order chi connectivity index (χ1) is 13.4. The number of quaternary nitrogens is 1. The molecule has 2 amide bonds. The number of aryl methyl sites for hydroxylation is 1. The largest absolute Gasteiger partial charge is 0.379 e. The van der Waals surface area contributed by atoms with Crippen molar-refractivity contribution >= 4 is 34.8 Å². The fourth-order valence-electron chi connectivity index (χ4n) is 2.69. The highest BCUT2D eigenvalue weighted by Crippen LogP contribution is 2.18. The van der Waals surface area contributed by atoms with Crippen molar-refractivity contribution in [2.75, 3.05) is 44.0 Å². The quantitative estimate of drug-likeness (QED) is 0.551. The fourth-order valence-corrected chi connectivity index (χ4v) is 2.86. The number of rotatable bonds is 9. The lowest BCUT2D eigenvalue weighted by atomic mass is 10.1. The van der Waals surface area contributed by atoms with Crippen molar-refractivity contribution in [2.24, 2.45) is 0 Å². The monoisotopic (exact) mass is 405 g/mol. The standard InChI is InChI=1S/C20H25ClN4O3/c1-14-6-4-7-16(15(14)2)23-18(26)12-25(10-11-28-3)13-19(27)24-17-8-5-9-22-20(17)21/h4-9H,10-13H2,1-3H3,(H,23,26)(H,24,27)/p+1. The van der Waals surface area contributed by atoms with Crippen LogP contribution in [0.5, 0.6) is 0 Å². The van der Waals surface area contributed by atoms with Gasteiger partial charge in [0.25, 0.3) is 11.8 Å². The zero-order valence-electron chi connectivity index (χ0n) is 16.3. The second-order valence-electron chi connectivity index (χ2n) is 6.53. The van der Waals surface area contributed by atoms with E-state index in [1.807, 2.05) is 32.0 Å². The maximum absolute atomic E-state index is 12.5. The van der Waals surface area contributed by atoms with Gasteiger partial charge in [0.15, 0.2) is 18.2 Å². The van der Waals surface area contributed by atoms with E-state index < -0.39 is 0 Å². The van der Waals surface area contributed by atoms with Crippen LogP contribution in [-0.4, -0.2) is 50.1 Å². The summed E-state index contributed by atoms with van der Waals surface area (Å²) >= 11 is 5.97. The summed E-state index contributed by atoms with van der Waals surface area (Å²) < 4.78 is 5.11. The number of hydrogen-bond acceptors (Lipinski definition) is 4. The van der Waals surface area contributed by atoms with Crippen LogP contribution in [0.4, 0.5) is 11.4 Å². The Morgan fingerprint density at radius 2 is 1.71 bits per heavy atom. The Morgan fingerprint density at radius 3 is 2.36 bits per heavy atom. The third kappa shape index (κ3) is 6.60. The Labute approximate surface area is 170 Å². The minimum atomic E-state index is -0.250. The number of anilines is 2. The molecule has 3 N–H and O–H groups in total. The van der Waals surface area contributed by atoms with Gasteiger partial charge in [-0.15, -0.1) is 0 Å². The number of carbonyl (C=O) groups excluding carboxylic acids is 2. The second kappa shape index (κ2) is 10.8. The molecule has 1 heterocycles. The normalized spacial score (nSPS) is 11.7. The third-order valence-corrected chi connectivity index (χ3v) is 4.69. The Hall–Kier alpha value is -2.48. The Bertz CT molecular complexity index is 829. The smallest absolute Gasteiger partial charge is 0.279 e. The molecule has 0 aliphatic carbocycles. The highest BCUT2D eigenvalue weighted by molar-refractivity contribution is 6.32. The van der Waals surface area contributed by atoms with E-state index in [4.69, 9.17) is 16.3 Å². The molecule has 1 unspecified atom stereocenters. The van der Waals surface area contributed by atoms with Gasteiger partial charge in [-0.05, 0) is 43.2 Å². The maximum Gasteiger partial charge on any atom is 0.279 e. The molecule has 1 aromatic heterocycles. The predicted octanol–water partition coefficient (Wildman–Crippen LogP) is 1.46. The molecule has 1 atom stereocenters. The van der Waals surface area contributed by atoms with Crippen LogP contribution < -0.4 is 15.5 Å². The molecule has 0 bridgehead atoms. The van der Waals surface area contributed by atoms with Crippen LogP contribution in [0.25, 0.3) is 0 Å². The number of carbonyl (C=O) groups is 2. The summed E-state index contributed by atoms with van der Waals surface area (Å²) in [7, 11) is 1.59. The van der Waals surface area contributed by atoms with Crippen molar-refractivity contribution in [3.8, 4) is 0 Å². The van der Waals surface area contributed by atoms with Gasteiger partial charge in [0.05, 0.1) is 12.3 Å². The number of nitrogens with zero attached hydrogens (tertiary/aromatic N) is 1. The number of pyridine rings is 1. The minimum absolute atomic E-state index is 0.106. The summed E-state index contributed by atoms with van der Waals surface area (Å²) in [5, 5.41) is 5.88. The molecule has 0 radical (unpaired) electrons. The topological polar surface area (TPSA) is 84.8 Å². The molecule has 0 aliphatic heterocycles. The van der Waals surface area contributed by atoms with Crippen LogP contribution in [-0.2, 0) is 14.3 Å². The van der Waals surface area contributed by atoms with Crippen LogP contribution in [0, 0.1) is 13.8 Å². The summed E-state index contributed by atoms with van der Waals surface area (Å²) in [6.07, 6.45) is 1.55. The molecule has 1 aromatic carbocycles. The number of aromatic nitrogens is 1. The summed E-state index contributed by atoms with van der Waals surface area (Å²) in [5.41, 5.74) is 3.36. The first-order valence-electron chi connectivity index (χ1n) is 8.99. The van der Waals surface area contributed by atoms with Gasteiger partial charge in [-0.1, -0.05) is 23.7 Å². The number of hydrogen-bond donors (Lipinski definition) is 3. The van der Waals surface area contributed by atoms with E-state index >= 15 is 0 Å². The number of methoxy groups -OCH3 is 1. The zero-order chi connectivity index (χ0) is 20.5. The average Bonchev–Trinajstić information content (AvgIpc) is 2.65. The highest BCUT2D eigenvalue weighted by Gasteiger charge is 2.19.